The number of carbonyl (C=O) groups is 2. The first-order valence-corrected chi connectivity index (χ1v) is 10.9. The van der Waals surface area contributed by atoms with Crippen molar-refractivity contribution in [3.8, 4) is 0 Å². The summed E-state index contributed by atoms with van der Waals surface area (Å²) in [5.41, 5.74) is 1.90. The monoisotopic (exact) mass is 442 g/mol. The van der Waals surface area contributed by atoms with Crippen LogP contribution in [0.4, 0.5) is 4.79 Å². The molecule has 3 amide bonds. The highest BCUT2D eigenvalue weighted by Gasteiger charge is 2.28. The molecule has 1 fully saturated rings. The van der Waals surface area contributed by atoms with E-state index in [1.807, 2.05) is 41.4 Å². The number of fused-ring (bicyclic) bond motifs is 1. The van der Waals surface area contributed by atoms with Crippen LogP contribution >= 0.6 is 11.6 Å². The summed E-state index contributed by atoms with van der Waals surface area (Å²) in [6.07, 6.45) is 5.75. The Labute approximate surface area is 186 Å². The number of benzene rings is 1. The minimum absolute atomic E-state index is 0.00363. The molecule has 3 aromatic rings. The maximum absolute atomic E-state index is 12.7. The number of carbonyl (C=O) groups excluding carboxylic acids is 2. The van der Waals surface area contributed by atoms with E-state index in [1.54, 1.807) is 22.8 Å². The molecule has 4 rings (SSSR count). The van der Waals surface area contributed by atoms with E-state index < -0.39 is 0 Å². The number of halogens is 1. The lowest BCUT2D eigenvalue weighted by atomic mass is 10.0. The van der Waals surface area contributed by atoms with Crippen LogP contribution in [0, 0.1) is 0 Å². The molecule has 1 aliphatic heterocycles. The summed E-state index contributed by atoms with van der Waals surface area (Å²) in [5.74, 6) is 0.103. The van der Waals surface area contributed by atoms with Gasteiger partial charge in [0.1, 0.15) is 0 Å². The van der Waals surface area contributed by atoms with E-state index in [-0.39, 0.29) is 18.0 Å². The van der Waals surface area contributed by atoms with Crippen LogP contribution in [0.25, 0.3) is 10.9 Å². The second-order valence-electron chi connectivity index (χ2n) is 7.95. The van der Waals surface area contributed by atoms with Crippen LogP contribution in [-0.4, -0.2) is 62.7 Å². The zero-order valence-electron chi connectivity index (χ0n) is 17.6. The van der Waals surface area contributed by atoms with Crippen LogP contribution < -0.4 is 5.32 Å². The highest BCUT2D eigenvalue weighted by Crippen LogP contribution is 2.20. The van der Waals surface area contributed by atoms with E-state index in [9.17, 15) is 9.59 Å². The third-order valence-corrected chi connectivity index (χ3v) is 6.03. The maximum atomic E-state index is 12.7. The molecule has 0 saturated carbocycles. The number of aromatic nitrogens is 3. The molecular weight excluding hydrogens is 416 g/mol. The molecule has 3 heterocycles. The predicted octanol–water partition coefficient (Wildman–Crippen LogP) is 3.24. The Morgan fingerprint density at radius 2 is 2.23 bits per heavy atom. The smallest absolute Gasteiger partial charge is 0.317 e. The fraction of sp³-hybridized carbons (Fsp3) is 0.409. The summed E-state index contributed by atoms with van der Waals surface area (Å²) in [6.45, 7) is 2.27. The fourth-order valence-electron chi connectivity index (χ4n) is 4.02. The van der Waals surface area contributed by atoms with Gasteiger partial charge in [-0.05, 0) is 43.2 Å². The van der Waals surface area contributed by atoms with Gasteiger partial charge >= 0.3 is 6.03 Å². The van der Waals surface area contributed by atoms with Crippen LogP contribution in [0.3, 0.4) is 0 Å². The number of aryl methyl sites for hydroxylation is 1. The van der Waals surface area contributed by atoms with Crippen molar-refractivity contribution in [2.45, 2.75) is 38.4 Å². The van der Waals surface area contributed by atoms with Crippen molar-refractivity contribution in [2.24, 2.45) is 0 Å². The van der Waals surface area contributed by atoms with Crippen LogP contribution in [0.15, 0.2) is 42.7 Å². The molecule has 8 nitrogen and oxygen atoms in total. The minimum atomic E-state index is -0.146. The van der Waals surface area contributed by atoms with Crippen molar-refractivity contribution in [1.29, 1.82) is 0 Å². The first-order chi connectivity index (χ1) is 15.0. The van der Waals surface area contributed by atoms with Crippen LogP contribution in [0.5, 0.6) is 0 Å². The Kier molecular flexibility index (Phi) is 6.46. The van der Waals surface area contributed by atoms with Crippen LogP contribution in [-0.2, 0) is 17.9 Å². The Hall–Kier alpha value is -3.00. The van der Waals surface area contributed by atoms with Gasteiger partial charge in [-0.25, -0.2) is 4.79 Å². The number of likely N-dealkylation sites (tertiary alicyclic amines) is 1. The molecule has 0 bridgehead atoms. The molecule has 0 radical (unpaired) electrons. The van der Waals surface area contributed by atoms with Crippen molar-refractivity contribution in [1.82, 2.24) is 29.9 Å². The van der Waals surface area contributed by atoms with Gasteiger partial charge in [0, 0.05) is 67.1 Å². The van der Waals surface area contributed by atoms with Crippen molar-refractivity contribution < 1.29 is 9.59 Å². The summed E-state index contributed by atoms with van der Waals surface area (Å²) in [7, 11) is 1.79. The van der Waals surface area contributed by atoms with E-state index in [2.05, 4.69) is 15.4 Å². The van der Waals surface area contributed by atoms with Gasteiger partial charge < -0.3 is 20.1 Å². The number of piperidine rings is 1. The molecule has 1 atom stereocenters. The highest BCUT2D eigenvalue weighted by molar-refractivity contribution is 6.31. The zero-order chi connectivity index (χ0) is 21.8. The average Bonchev–Trinajstić information content (AvgIpc) is 3.44. The summed E-state index contributed by atoms with van der Waals surface area (Å²) in [5, 5.41) is 8.80. The Bertz CT molecular complexity index is 1050. The van der Waals surface area contributed by atoms with Gasteiger partial charge in [0.2, 0.25) is 5.91 Å². The summed E-state index contributed by atoms with van der Waals surface area (Å²) < 4.78 is 1.76. The van der Waals surface area contributed by atoms with Gasteiger partial charge in [-0.3, -0.25) is 9.48 Å². The first-order valence-electron chi connectivity index (χ1n) is 10.5. The Morgan fingerprint density at radius 3 is 3.03 bits per heavy atom. The van der Waals surface area contributed by atoms with Crippen molar-refractivity contribution in [3.05, 3.63) is 53.4 Å². The zero-order valence-corrected chi connectivity index (χ0v) is 18.3. The molecular formula is C22H27ClN6O2. The van der Waals surface area contributed by atoms with Gasteiger partial charge in [-0.2, -0.15) is 5.10 Å². The number of H-pyrrole nitrogens is 1. The molecule has 1 saturated heterocycles. The number of likely N-dealkylation sites (N-methyl/N-ethyl adjacent to an activating group) is 1. The molecule has 1 aliphatic rings. The molecule has 164 valence electrons. The summed E-state index contributed by atoms with van der Waals surface area (Å²) >= 11 is 6.04. The van der Waals surface area contributed by atoms with Crippen LogP contribution in [0.2, 0.25) is 5.02 Å². The minimum Gasteiger partial charge on any atom is -0.357 e. The number of aromatic amines is 1. The standard InChI is InChI=1S/C22H27ClN6O2/c1-27(22(31)24-14-18-13-16-12-17(23)5-6-20(16)26-18)19-4-2-9-28(15-19)21(30)7-11-29-10-3-8-25-29/h3,5-6,8,10,12-13,19,26H,2,4,7,9,11,14-15H2,1H3,(H,24,31). The Morgan fingerprint density at radius 1 is 1.35 bits per heavy atom. The molecule has 1 aromatic carbocycles. The van der Waals surface area contributed by atoms with Crippen molar-refractivity contribution >= 4 is 34.4 Å². The molecule has 2 aromatic heterocycles. The Balaban J connectivity index is 1.28. The molecule has 9 heteroatoms. The largest absolute Gasteiger partial charge is 0.357 e. The highest BCUT2D eigenvalue weighted by atomic mass is 35.5. The summed E-state index contributed by atoms with van der Waals surface area (Å²) in [4.78, 5) is 32.2. The third-order valence-electron chi connectivity index (χ3n) is 5.80. The van der Waals surface area contributed by atoms with Gasteiger partial charge in [0.05, 0.1) is 12.6 Å². The van der Waals surface area contributed by atoms with Gasteiger partial charge in [0.25, 0.3) is 0 Å². The van der Waals surface area contributed by atoms with Gasteiger partial charge in [0.15, 0.2) is 0 Å². The van der Waals surface area contributed by atoms with Crippen LogP contribution in [0.1, 0.15) is 25.0 Å². The number of rotatable bonds is 6. The first kappa shape index (κ1) is 21.2. The predicted molar refractivity (Wildman–Crippen MR) is 120 cm³/mol. The SMILES string of the molecule is CN(C(=O)NCc1cc2cc(Cl)ccc2[nH]1)C1CCCN(C(=O)CCn2cccn2)C1. The molecule has 1 unspecified atom stereocenters. The number of hydrogen-bond donors (Lipinski definition) is 2. The lowest BCUT2D eigenvalue weighted by Crippen LogP contribution is -2.52. The summed E-state index contributed by atoms with van der Waals surface area (Å²) in [6, 6.07) is 9.35. The quantitative estimate of drug-likeness (QED) is 0.614. The maximum Gasteiger partial charge on any atom is 0.317 e. The van der Waals surface area contributed by atoms with E-state index in [1.165, 1.54) is 0 Å². The van der Waals surface area contributed by atoms with Crippen molar-refractivity contribution in [2.75, 3.05) is 20.1 Å². The molecule has 2 N–H and O–H groups in total. The molecule has 31 heavy (non-hydrogen) atoms. The number of nitrogens with zero attached hydrogens (tertiary/aromatic N) is 4. The van der Waals surface area contributed by atoms with Crippen molar-refractivity contribution in [3.63, 3.8) is 0 Å². The topological polar surface area (TPSA) is 86.3 Å². The fourth-order valence-corrected chi connectivity index (χ4v) is 4.20. The normalized spacial score (nSPS) is 16.5. The van der Waals surface area contributed by atoms with E-state index in [0.717, 1.165) is 36.0 Å². The number of amides is 3. The number of hydrogen-bond acceptors (Lipinski definition) is 3. The number of urea groups is 1. The van der Waals surface area contributed by atoms with E-state index >= 15 is 0 Å². The van der Waals surface area contributed by atoms with Gasteiger partial charge in [-0.15, -0.1) is 0 Å². The second kappa shape index (κ2) is 9.43. The average molecular weight is 443 g/mol. The lowest BCUT2D eigenvalue weighted by molar-refractivity contribution is -0.133. The van der Waals surface area contributed by atoms with E-state index in [0.29, 0.717) is 31.1 Å². The molecule has 0 aliphatic carbocycles. The third kappa shape index (κ3) is 5.19. The number of nitrogens with one attached hydrogen (secondary N) is 2. The second-order valence-corrected chi connectivity index (χ2v) is 8.39. The molecule has 0 spiro atoms. The lowest BCUT2D eigenvalue weighted by Gasteiger charge is -2.37. The van der Waals surface area contributed by atoms with Gasteiger partial charge in [-0.1, -0.05) is 11.6 Å². The van der Waals surface area contributed by atoms with E-state index in [4.69, 9.17) is 11.6 Å².